The first-order valence-electron chi connectivity index (χ1n) is 9.81. The van der Waals surface area contributed by atoms with Crippen LogP contribution in [0.1, 0.15) is 36.0 Å². The zero-order valence-corrected chi connectivity index (χ0v) is 16.1. The van der Waals surface area contributed by atoms with Gasteiger partial charge in [-0.05, 0) is 61.1 Å². The molecule has 28 heavy (non-hydrogen) atoms. The average molecular weight is 378 g/mol. The molecular formula is C22H26N4O2. The number of anilines is 1. The van der Waals surface area contributed by atoms with E-state index in [2.05, 4.69) is 10.2 Å². The van der Waals surface area contributed by atoms with Gasteiger partial charge < -0.3 is 15.4 Å². The molecule has 1 aliphatic rings. The molecule has 1 fully saturated rings. The van der Waals surface area contributed by atoms with Crippen LogP contribution in [0.5, 0.6) is 0 Å². The zero-order chi connectivity index (χ0) is 19.5. The van der Waals surface area contributed by atoms with Gasteiger partial charge in [0.05, 0.1) is 5.52 Å². The first-order valence-corrected chi connectivity index (χ1v) is 9.81. The van der Waals surface area contributed by atoms with Crippen molar-refractivity contribution in [3.05, 3.63) is 48.0 Å². The van der Waals surface area contributed by atoms with Crippen molar-refractivity contribution in [3.63, 3.8) is 0 Å². The van der Waals surface area contributed by atoms with Gasteiger partial charge in [-0.1, -0.05) is 18.2 Å². The molecule has 0 bridgehead atoms. The number of piperidine rings is 1. The highest BCUT2D eigenvalue weighted by Gasteiger charge is 2.27. The first-order chi connectivity index (χ1) is 13.7. The van der Waals surface area contributed by atoms with Gasteiger partial charge in [0.1, 0.15) is 0 Å². The number of fused-ring (bicyclic) bond motifs is 1. The Morgan fingerprint density at radius 1 is 1.25 bits per heavy atom. The smallest absolute Gasteiger partial charge is 0.254 e. The molecule has 1 aliphatic heterocycles. The van der Waals surface area contributed by atoms with E-state index in [-0.39, 0.29) is 11.9 Å². The number of likely N-dealkylation sites (tertiary alicyclic amines) is 1. The van der Waals surface area contributed by atoms with Crippen LogP contribution < -0.4 is 5.73 Å². The molecule has 6 nitrogen and oxygen atoms in total. The van der Waals surface area contributed by atoms with E-state index >= 15 is 0 Å². The Hall–Kier alpha value is -2.86. The average Bonchev–Trinajstić information content (AvgIpc) is 3.12. The van der Waals surface area contributed by atoms with Crippen LogP contribution in [0.3, 0.4) is 0 Å². The summed E-state index contributed by atoms with van der Waals surface area (Å²) in [5.41, 5.74) is 9.59. The minimum absolute atomic E-state index is 0.103. The van der Waals surface area contributed by atoms with Crippen molar-refractivity contribution in [3.8, 4) is 11.1 Å². The molecule has 1 aromatic heterocycles. The number of carbonyl (C=O) groups excluding carboxylic acids is 1. The first kappa shape index (κ1) is 18.5. The third-order valence-corrected chi connectivity index (χ3v) is 5.58. The summed E-state index contributed by atoms with van der Waals surface area (Å²) in [6, 6.07) is 14.1. The molecule has 0 saturated carbocycles. The van der Waals surface area contributed by atoms with Crippen LogP contribution in [0, 0.1) is 0 Å². The molecule has 2 aromatic carbocycles. The summed E-state index contributed by atoms with van der Waals surface area (Å²) in [7, 11) is 1.71. The highest BCUT2D eigenvalue weighted by molar-refractivity contribution is 5.97. The number of aromatic amines is 1. The van der Waals surface area contributed by atoms with Gasteiger partial charge in [0, 0.05) is 37.3 Å². The van der Waals surface area contributed by atoms with Crippen LogP contribution in [0.15, 0.2) is 42.5 Å². The minimum atomic E-state index is 0.103. The molecule has 1 amide bonds. The number of ether oxygens (including phenoxy) is 1. The number of nitrogen functional groups attached to an aromatic ring is 1. The molecule has 3 N–H and O–H groups in total. The summed E-state index contributed by atoms with van der Waals surface area (Å²) in [5, 5.41) is 7.86. The second-order valence-electron chi connectivity index (χ2n) is 7.38. The maximum Gasteiger partial charge on any atom is 0.254 e. The topological polar surface area (TPSA) is 84.2 Å². The van der Waals surface area contributed by atoms with Gasteiger partial charge in [0.2, 0.25) is 0 Å². The van der Waals surface area contributed by atoms with Crippen LogP contribution >= 0.6 is 0 Å². The number of nitrogens with zero attached hydrogens (tertiary/aromatic N) is 2. The van der Waals surface area contributed by atoms with Gasteiger partial charge in [-0.3, -0.25) is 9.89 Å². The van der Waals surface area contributed by atoms with Crippen molar-refractivity contribution >= 4 is 22.6 Å². The van der Waals surface area contributed by atoms with Crippen LogP contribution in [-0.2, 0) is 4.74 Å². The molecule has 146 valence electrons. The standard InChI is InChI=1S/C22H26N4O2/c1-28-12-10-18-7-2-3-11-26(18)22(27)17-6-4-5-15(13-17)16-8-9-20-19(14-16)21(23)25-24-20/h4-6,8-9,13-14,18H,2-3,7,10-12H2,1H3,(H3,23,24,25)/t18-/m1/s1. The molecular weight excluding hydrogens is 352 g/mol. The predicted molar refractivity (Wildman–Crippen MR) is 111 cm³/mol. The Kier molecular flexibility index (Phi) is 5.30. The van der Waals surface area contributed by atoms with Crippen molar-refractivity contribution in [2.75, 3.05) is 26.0 Å². The van der Waals surface area contributed by atoms with Crippen molar-refractivity contribution in [1.82, 2.24) is 15.1 Å². The predicted octanol–water partition coefficient (Wildman–Crippen LogP) is 3.84. The number of carbonyl (C=O) groups is 1. The Balaban J connectivity index is 1.61. The highest BCUT2D eigenvalue weighted by Crippen LogP contribution is 2.28. The number of nitrogens with two attached hydrogens (primary N) is 1. The number of H-pyrrole nitrogens is 1. The van der Waals surface area contributed by atoms with E-state index in [9.17, 15) is 4.79 Å². The molecule has 3 aromatic rings. The maximum atomic E-state index is 13.2. The third-order valence-electron chi connectivity index (χ3n) is 5.58. The van der Waals surface area contributed by atoms with Crippen LogP contribution in [-0.4, -0.2) is 47.3 Å². The minimum Gasteiger partial charge on any atom is -0.385 e. The fraction of sp³-hybridized carbons (Fsp3) is 0.364. The fourth-order valence-electron chi connectivity index (χ4n) is 4.03. The monoisotopic (exact) mass is 378 g/mol. The molecule has 6 heteroatoms. The van der Waals surface area contributed by atoms with Crippen molar-refractivity contribution in [2.45, 2.75) is 31.7 Å². The van der Waals surface area contributed by atoms with E-state index in [1.807, 2.05) is 47.4 Å². The summed E-state index contributed by atoms with van der Waals surface area (Å²) in [5.74, 6) is 0.588. The SMILES string of the molecule is COCC[C@H]1CCCCN1C(=O)c1cccc(-c2ccc3[nH]nc(N)c3c2)c1. The zero-order valence-electron chi connectivity index (χ0n) is 16.1. The Morgan fingerprint density at radius 2 is 2.11 bits per heavy atom. The van der Waals surface area contributed by atoms with Gasteiger partial charge in [-0.15, -0.1) is 0 Å². The molecule has 4 rings (SSSR count). The van der Waals surface area contributed by atoms with E-state index in [4.69, 9.17) is 10.5 Å². The lowest BCUT2D eigenvalue weighted by Crippen LogP contribution is -2.44. The van der Waals surface area contributed by atoms with Gasteiger partial charge in [-0.25, -0.2) is 0 Å². The summed E-state index contributed by atoms with van der Waals surface area (Å²) in [4.78, 5) is 15.3. The van der Waals surface area contributed by atoms with Crippen LogP contribution in [0.4, 0.5) is 5.82 Å². The van der Waals surface area contributed by atoms with E-state index < -0.39 is 0 Å². The third kappa shape index (κ3) is 3.60. The molecule has 0 spiro atoms. The van der Waals surface area contributed by atoms with Crippen LogP contribution in [0.25, 0.3) is 22.0 Å². The number of aromatic nitrogens is 2. The fourth-order valence-corrected chi connectivity index (χ4v) is 4.03. The number of methoxy groups -OCH3 is 1. The molecule has 1 saturated heterocycles. The number of hydrogen-bond acceptors (Lipinski definition) is 4. The second-order valence-corrected chi connectivity index (χ2v) is 7.38. The van der Waals surface area contributed by atoms with E-state index in [1.165, 1.54) is 6.42 Å². The molecule has 1 atom stereocenters. The number of amides is 1. The molecule has 0 radical (unpaired) electrons. The second kappa shape index (κ2) is 8.02. The quantitative estimate of drug-likeness (QED) is 0.706. The molecule has 2 heterocycles. The lowest BCUT2D eigenvalue weighted by atomic mass is 9.97. The van der Waals surface area contributed by atoms with E-state index in [1.54, 1.807) is 7.11 Å². The summed E-state index contributed by atoms with van der Waals surface area (Å²) >= 11 is 0. The number of benzene rings is 2. The van der Waals surface area contributed by atoms with Gasteiger partial charge in [0.15, 0.2) is 5.82 Å². The van der Waals surface area contributed by atoms with Gasteiger partial charge >= 0.3 is 0 Å². The highest BCUT2D eigenvalue weighted by atomic mass is 16.5. The Labute approximate surface area is 164 Å². The van der Waals surface area contributed by atoms with Crippen LogP contribution in [0.2, 0.25) is 0 Å². The number of nitrogens with one attached hydrogen (secondary N) is 1. The number of rotatable bonds is 5. The van der Waals surface area contributed by atoms with Crippen molar-refractivity contribution in [1.29, 1.82) is 0 Å². The van der Waals surface area contributed by atoms with Gasteiger partial charge in [0.25, 0.3) is 5.91 Å². The summed E-state index contributed by atoms with van der Waals surface area (Å²) in [6.45, 7) is 1.50. The lowest BCUT2D eigenvalue weighted by Gasteiger charge is -2.36. The van der Waals surface area contributed by atoms with Crippen molar-refractivity contribution in [2.24, 2.45) is 0 Å². The number of hydrogen-bond donors (Lipinski definition) is 2. The Morgan fingerprint density at radius 3 is 2.96 bits per heavy atom. The van der Waals surface area contributed by atoms with E-state index in [0.717, 1.165) is 53.4 Å². The largest absolute Gasteiger partial charge is 0.385 e. The molecule has 0 aliphatic carbocycles. The maximum absolute atomic E-state index is 13.2. The summed E-state index contributed by atoms with van der Waals surface area (Å²) in [6.07, 6.45) is 4.17. The Bertz CT molecular complexity index is 982. The van der Waals surface area contributed by atoms with Crippen molar-refractivity contribution < 1.29 is 9.53 Å². The van der Waals surface area contributed by atoms with Gasteiger partial charge in [-0.2, -0.15) is 5.10 Å². The summed E-state index contributed by atoms with van der Waals surface area (Å²) < 4.78 is 5.24. The normalized spacial score (nSPS) is 17.2. The molecule has 0 unspecified atom stereocenters. The lowest BCUT2D eigenvalue weighted by molar-refractivity contribution is 0.0553. The van der Waals surface area contributed by atoms with E-state index in [0.29, 0.717) is 12.4 Å².